The number of carbonyl (C=O) groups excluding carboxylic acids is 1. The van der Waals surface area contributed by atoms with Gasteiger partial charge in [-0.1, -0.05) is 26.0 Å². The average Bonchev–Trinajstić information content (AvgIpc) is 2.55. The van der Waals surface area contributed by atoms with Crippen LogP contribution in [0.4, 0.5) is 0 Å². The minimum absolute atomic E-state index is 0.0276. The van der Waals surface area contributed by atoms with Gasteiger partial charge in [0.2, 0.25) is 5.91 Å². The van der Waals surface area contributed by atoms with E-state index in [-0.39, 0.29) is 17.7 Å². The number of hydrogen-bond donors (Lipinski definition) is 0. The Balaban J connectivity index is 2.13. The van der Waals surface area contributed by atoms with Crippen LogP contribution < -0.4 is 4.74 Å². The molecule has 2 atom stereocenters. The summed E-state index contributed by atoms with van der Waals surface area (Å²) >= 11 is 0. The predicted octanol–water partition coefficient (Wildman–Crippen LogP) is 2.68. The Hall–Kier alpha value is -1.55. The molecule has 1 aliphatic heterocycles. The van der Waals surface area contributed by atoms with Crippen LogP contribution in [-0.2, 0) is 9.53 Å². The molecule has 116 valence electrons. The van der Waals surface area contributed by atoms with Gasteiger partial charge in [-0.3, -0.25) is 4.79 Å². The molecular formula is C17H25NO3. The van der Waals surface area contributed by atoms with E-state index in [2.05, 4.69) is 13.0 Å². The van der Waals surface area contributed by atoms with Crippen LogP contribution in [0.1, 0.15) is 31.7 Å². The first-order valence-electron chi connectivity index (χ1n) is 7.67. The molecule has 21 heavy (non-hydrogen) atoms. The number of rotatable bonds is 5. The third kappa shape index (κ3) is 3.76. The lowest BCUT2D eigenvalue weighted by Crippen LogP contribution is -2.44. The maximum Gasteiger partial charge on any atom is 0.226 e. The van der Waals surface area contributed by atoms with E-state index in [0.717, 1.165) is 12.2 Å². The molecule has 4 heteroatoms. The molecule has 1 aliphatic rings. The molecule has 1 fully saturated rings. The van der Waals surface area contributed by atoms with Gasteiger partial charge in [0, 0.05) is 19.0 Å². The summed E-state index contributed by atoms with van der Waals surface area (Å²) in [6.45, 7) is 6.87. The fourth-order valence-corrected chi connectivity index (χ4v) is 2.99. The van der Waals surface area contributed by atoms with Gasteiger partial charge < -0.3 is 14.4 Å². The summed E-state index contributed by atoms with van der Waals surface area (Å²) in [5.41, 5.74) is 1.17. The fraction of sp³-hybridized carbons (Fsp3) is 0.588. The predicted molar refractivity (Wildman–Crippen MR) is 82.6 cm³/mol. The second-order valence-corrected chi connectivity index (χ2v) is 5.52. The van der Waals surface area contributed by atoms with E-state index in [1.165, 1.54) is 5.56 Å². The molecule has 0 radical (unpaired) electrons. The van der Waals surface area contributed by atoms with Crippen molar-refractivity contribution in [3.05, 3.63) is 29.8 Å². The van der Waals surface area contributed by atoms with Gasteiger partial charge in [-0.15, -0.1) is 0 Å². The standard InChI is InChI=1S/C17H25NO3/c1-4-16(14-6-5-7-15(12-14)20-3)13(2)17(19)18-8-10-21-11-9-18/h5-7,12-13,16H,4,8-11H2,1-3H3. The van der Waals surface area contributed by atoms with Crippen LogP contribution in [0.15, 0.2) is 24.3 Å². The molecule has 2 unspecified atom stereocenters. The Morgan fingerprint density at radius 1 is 1.38 bits per heavy atom. The zero-order valence-electron chi connectivity index (χ0n) is 13.2. The third-order valence-electron chi connectivity index (χ3n) is 4.28. The Morgan fingerprint density at radius 3 is 2.71 bits per heavy atom. The van der Waals surface area contributed by atoms with Gasteiger partial charge in [0.05, 0.1) is 20.3 Å². The van der Waals surface area contributed by atoms with E-state index in [0.29, 0.717) is 26.3 Å². The summed E-state index contributed by atoms with van der Waals surface area (Å²) in [5, 5.41) is 0. The molecule has 0 N–H and O–H groups in total. The van der Waals surface area contributed by atoms with Crippen molar-refractivity contribution in [2.75, 3.05) is 33.4 Å². The van der Waals surface area contributed by atoms with Gasteiger partial charge in [0.1, 0.15) is 5.75 Å². The van der Waals surface area contributed by atoms with Crippen LogP contribution in [0.25, 0.3) is 0 Å². The normalized spacial score (nSPS) is 18.1. The van der Waals surface area contributed by atoms with Crippen LogP contribution in [0.3, 0.4) is 0 Å². The minimum Gasteiger partial charge on any atom is -0.497 e. The maximum atomic E-state index is 12.7. The van der Waals surface area contributed by atoms with E-state index < -0.39 is 0 Å². The largest absolute Gasteiger partial charge is 0.497 e. The first-order valence-corrected chi connectivity index (χ1v) is 7.67. The van der Waals surface area contributed by atoms with Crippen LogP contribution >= 0.6 is 0 Å². The van der Waals surface area contributed by atoms with Crippen LogP contribution in [0.2, 0.25) is 0 Å². The highest BCUT2D eigenvalue weighted by Crippen LogP contribution is 2.31. The number of benzene rings is 1. The molecule has 1 aromatic carbocycles. The quantitative estimate of drug-likeness (QED) is 0.837. The number of morpholine rings is 1. The Kier molecular flexibility index (Phi) is 5.62. The molecule has 2 rings (SSSR count). The van der Waals surface area contributed by atoms with E-state index in [1.807, 2.05) is 30.0 Å². The number of amides is 1. The van der Waals surface area contributed by atoms with E-state index in [1.54, 1.807) is 7.11 Å². The Morgan fingerprint density at radius 2 is 2.10 bits per heavy atom. The molecule has 1 amide bonds. The smallest absolute Gasteiger partial charge is 0.226 e. The van der Waals surface area contributed by atoms with Crippen molar-refractivity contribution in [2.24, 2.45) is 5.92 Å². The lowest BCUT2D eigenvalue weighted by atomic mass is 9.84. The lowest BCUT2D eigenvalue weighted by Gasteiger charge is -2.32. The van der Waals surface area contributed by atoms with E-state index in [4.69, 9.17) is 9.47 Å². The molecule has 0 aromatic heterocycles. The second kappa shape index (κ2) is 7.46. The number of methoxy groups -OCH3 is 1. The molecule has 1 aromatic rings. The summed E-state index contributed by atoms with van der Waals surface area (Å²) in [6, 6.07) is 8.05. The fourth-order valence-electron chi connectivity index (χ4n) is 2.99. The monoisotopic (exact) mass is 291 g/mol. The summed E-state index contributed by atoms with van der Waals surface area (Å²) < 4.78 is 10.6. The number of carbonyl (C=O) groups is 1. The average molecular weight is 291 g/mol. The van der Waals surface area contributed by atoms with Gasteiger partial charge in [-0.25, -0.2) is 0 Å². The minimum atomic E-state index is -0.0276. The van der Waals surface area contributed by atoms with Crippen molar-refractivity contribution in [3.63, 3.8) is 0 Å². The Labute approximate surface area is 127 Å². The van der Waals surface area contributed by atoms with E-state index >= 15 is 0 Å². The van der Waals surface area contributed by atoms with Gasteiger partial charge in [-0.05, 0) is 30.0 Å². The van der Waals surface area contributed by atoms with Gasteiger partial charge in [0.25, 0.3) is 0 Å². The lowest BCUT2D eigenvalue weighted by molar-refractivity contribution is -0.139. The SMILES string of the molecule is CCC(c1cccc(OC)c1)C(C)C(=O)N1CCOCC1. The number of ether oxygens (including phenoxy) is 2. The molecule has 0 spiro atoms. The summed E-state index contributed by atoms with van der Waals surface area (Å²) in [7, 11) is 1.67. The molecule has 0 aliphatic carbocycles. The number of hydrogen-bond acceptors (Lipinski definition) is 3. The third-order valence-corrected chi connectivity index (χ3v) is 4.28. The summed E-state index contributed by atoms with van der Waals surface area (Å²) in [4.78, 5) is 14.6. The topological polar surface area (TPSA) is 38.8 Å². The van der Waals surface area contributed by atoms with Gasteiger partial charge >= 0.3 is 0 Å². The highest BCUT2D eigenvalue weighted by atomic mass is 16.5. The molecule has 0 saturated carbocycles. The Bertz CT molecular complexity index is 469. The number of nitrogens with zero attached hydrogens (tertiary/aromatic N) is 1. The van der Waals surface area contributed by atoms with Crippen LogP contribution in [0.5, 0.6) is 5.75 Å². The van der Waals surface area contributed by atoms with Crippen LogP contribution in [-0.4, -0.2) is 44.2 Å². The van der Waals surface area contributed by atoms with Crippen molar-refractivity contribution in [1.82, 2.24) is 4.90 Å². The van der Waals surface area contributed by atoms with Crippen molar-refractivity contribution in [3.8, 4) is 5.75 Å². The highest BCUT2D eigenvalue weighted by Gasteiger charge is 2.29. The van der Waals surface area contributed by atoms with Crippen molar-refractivity contribution in [2.45, 2.75) is 26.2 Å². The zero-order valence-corrected chi connectivity index (χ0v) is 13.2. The van der Waals surface area contributed by atoms with Crippen molar-refractivity contribution < 1.29 is 14.3 Å². The molecular weight excluding hydrogens is 266 g/mol. The van der Waals surface area contributed by atoms with E-state index in [9.17, 15) is 4.79 Å². The zero-order chi connectivity index (χ0) is 15.2. The highest BCUT2D eigenvalue weighted by molar-refractivity contribution is 5.79. The first-order chi connectivity index (χ1) is 10.2. The molecule has 4 nitrogen and oxygen atoms in total. The van der Waals surface area contributed by atoms with Gasteiger partial charge in [0.15, 0.2) is 0 Å². The second-order valence-electron chi connectivity index (χ2n) is 5.52. The maximum absolute atomic E-state index is 12.7. The van der Waals surface area contributed by atoms with Crippen LogP contribution in [0, 0.1) is 5.92 Å². The molecule has 0 bridgehead atoms. The van der Waals surface area contributed by atoms with Crippen molar-refractivity contribution in [1.29, 1.82) is 0 Å². The summed E-state index contributed by atoms with van der Waals surface area (Å²) in [6.07, 6.45) is 0.935. The molecule has 1 saturated heterocycles. The first kappa shape index (κ1) is 15.8. The summed E-state index contributed by atoms with van der Waals surface area (Å²) in [5.74, 6) is 1.26. The van der Waals surface area contributed by atoms with Gasteiger partial charge in [-0.2, -0.15) is 0 Å². The molecule has 1 heterocycles. The van der Waals surface area contributed by atoms with Crippen molar-refractivity contribution >= 4 is 5.91 Å².